The van der Waals surface area contributed by atoms with Gasteiger partial charge in [0.05, 0.1) is 21.1 Å². The molecule has 0 fully saturated rings. The van der Waals surface area contributed by atoms with Crippen LogP contribution >= 0.6 is 22.9 Å². The van der Waals surface area contributed by atoms with Gasteiger partial charge in [0.15, 0.2) is 5.69 Å². The van der Waals surface area contributed by atoms with Crippen molar-refractivity contribution in [1.82, 2.24) is 15.6 Å². The highest BCUT2D eigenvalue weighted by atomic mass is 35.5. The van der Waals surface area contributed by atoms with Gasteiger partial charge in [-0.15, -0.1) is 11.3 Å². The van der Waals surface area contributed by atoms with Gasteiger partial charge in [-0.25, -0.2) is 5.43 Å². The minimum Gasteiger partial charge on any atom is -0.507 e. The molecule has 1 amide bonds. The molecule has 2 heterocycles. The second kappa shape index (κ2) is 7.22. The molecule has 3 N–H and O–H groups in total. The van der Waals surface area contributed by atoms with Gasteiger partial charge in [0.1, 0.15) is 5.75 Å². The van der Waals surface area contributed by atoms with Crippen LogP contribution in [0.15, 0.2) is 59.7 Å². The molecule has 134 valence electrons. The van der Waals surface area contributed by atoms with E-state index in [1.807, 2.05) is 36.4 Å². The number of nitrogens with zero attached hydrogens (tertiary/aromatic N) is 2. The Labute approximate surface area is 163 Å². The van der Waals surface area contributed by atoms with Gasteiger partial charge < -0.3 is 5.11 Å². The van der Waals surface area contributed by atoms with Gasteiger partial charge >= 0.3 is 0 Å². The van der Waals surface area contributed by atoms with E-state index in [1.165, 1.54) is 17.6 Å². The van der Waals surface area contributed by atoms with Crippen LogP contribution in [0.4, 0.5) is 0 Å². The number of aromatic amines is 1. The van der Waals surface area contributed by atoms with E-state index in [2.05, 4.69) is 20.7 Å². The van der Waals surface area contributed by atoms with E-state index in [0.717, 1.165) is 15.6 Å². The quantitative estimate of drug-likeness (QED) is 0.352. The maximum atomic E-state index is 12.2. The van der Waals surface area contributed by atoms with Crippen LogP contribution in [-0.4, -0.2) is 27.4 Å². The van der Waals surface area contributed by atoms with Crippen LogP contribution in [0.5, 0.6) is 5.75 Å². The van der Waals surface area contributed by atoms with Crippen molar-refractivity contribution < 1.29 is 9.90 Å². The van der Waals surface area contributed by atoms with Crippen molar-refractivity contribution in [2.75, 3.05) is 0 Å². The Bertz CT molecular complexity index is 1170. The molecule has 0 atom stereocenters. The van der Waals surface area contributed by atoms with E-state index in [-0.39, 0.29) is 11.4 Å². The second-order valence-electron chi connectivity index (χ2n) is 5.69. The summed E-state index contributed by atoms with van der Waals surface area (Å²) >= 11 is 7.31. The lowest BCUT2D eigenvalue weighted by atomic mass is 10.0. The third-order valence-electron chi connectivity index (χ3n) is 3.96. The number of fused-ring (bicyclic) bond motifs is 1. The summed E-state index contributed by atoms with van der Waals surface area (Å²) in [6.45, 7) is 0. The number of rotatable bonds is 4. The van der Waals surface area contributed by atoms with E-state index >= 15 is 0 Å². The first kappa shape index (κ1) is 17.3. The number of hydrazone groups is 1. The summed E-state index contributed by atoms with van der Waals surface area (Å²) in [5.74, 6) is -0.376. The largest absolute Gasteiger partial charge is 0.507 e. The lowest BCUT2D eigenvalue weighted by molar-refractivity contribution is 0.0950. The van der Waals surface area contributed by atoms with Gasteiger partial charge in [-0.3, -0.25) is 9.89 Å². The highest BCUT2D eigenvalue weighted by Gasteiger charge is 2.12. The number of aromatic nitrogens is 2. The number of halogens is 1. The van der Waals surface area contributed by atoms with E-state index in [9.17, 15) is 9.90 Å². The van der Waals surface area contributed by atoms with Crippen LogP contribution in [0.2, 0.25) is 4.34 Å². The highest BCUT2D eigenvalue weighted by Crippen LogP contribution is 2.30. The van der Waals surface area contributed by atoms with Crippen LogP contribution < -0.4 is 5.43 Å². The number of carbonyl (C=O) groups is 1. The summed E-state index contributed by atoms with van der Waals surface area (Å²) < 4.78 is 0.657. The Morgan fingerprint density at radius 3 is 2.89 bits per heavy atom. The maximum Gasteiger partial charge on any atom is 0.291 e. The summed E-state index contributed by atoms with van der Waals surface area (Å²) in [5, 5.41) is 22.7. The van der Waals surface area contributed by atoms with Crippen molar-refractivity contribution in [2.24, 2.45) is 5.10 Å². The van der Waals surface area contributed by atoms with Crippen molar-refractivity contribution >= 4 is 45.8 Å². The summed E-state index contributed by atoms with van der Waals surface area (Å²) in [6, 6.07) is 16.3. The molecule has 0 saturated carbocycles. The first-order valence-electron chi connectivity index (χ1n) is 7.97. The predicted molar refractivity (Wildman–Crippen MR) is 108 cm³/mol. The molecule has 6 nitrogen and oxygen atoms in total. The lowest BCUT2D eigenvalue weighted by Crippen LogP contribution is -2.18. The third kappa shape index (κ3) is 3.55. The lowest BCUT2D eigenvalue weighted by Gasteiger charge is -2.04. The fraction of sp³-hybridized carbons (Fsp3) is 0. The molecule has 4 aromatic rings. The van der Waals surface area contributed by atoms with Crippen LogP contribution in [0, 0.1) is 0 Å². The zero-order valence-electron chi connectivity index (χ0n) is 13.8. The number of nitrogens with one attached hydrogen (secondary N) is 2. The van der Waals surface area contributed by atoms with Crippen molar-refractivity contribution in [3.8, 4) is 16.3 Å². The van der Waals surface area contributed by atoms with Crippen LogP contribution in [0.25, 0.3) is 21.3 Å². The van der Waals surface area contributed by atoms with Crippen molar-refractivity contribution in [3.05, 3.63) is 70.2 Å². The topological polar surface area (TPSA) is 90.4 Å². The van der Waals surface area contributed by atoms with Crippen molar-refractivity contribution in [1.29, 1.82) is 0 Å². The van der Waals surface area contributed by atoms with Crippen molar-refractivity contribution in [2.45, 2.75) is 0 Å². The van der Waals surface area contributed by atoms with Gasteiger partial charge in [-0.2, -0.15) is 10.2 Å². The number of phenolic OH excluding ortho intramolecular Hbond substituents is 1. The predicted octanol–water partition coefficient (Wildman–Crippen LogP) is 4.41. The minimum atomic E-state index is -0.462. The Kier molecular flexibility index (Phi) is 4.62. The Morgan fingerprint density at radius 1 is 1.22 bits per heavy atom. The van der Waals surface area contributed by atoms with Crippen LogP contribution in [0.3, 0.4) is 0 Å². The highest BCUT2D eigenvalue weighted by molar-refractivity contribution is 7.19. The summed E-state index contributed by atoms with van der Waals surface area (Å²) in [6.07, 6.45) is 1.42. The average molecular weight is 397 g/mol. The number of benzene rings is 2. The molecule has 0 bridgehead atoms. The van der Waals surface area contributed by atoms with Gasteiger partial charge in [-0.05, 0) is 35.0 Å². The second-order valence-corrected chi connectivity index (χ2v) is 7.40. The Hall–Kier alpha value is -3.16. The third-order valence-corrected chi connectivity index (χ3v) is 5.22. The summed E-state index contributed by atoms with van der Waals surface area (Å²) in [4.78, 5) is 13.1. The van der Waals surface area contributed by atoms with Crippen LogP contribution in [-0.2, 0) is 0 Å². The molecule has 0 aliphatic carbocycles. The molecule has 2 aromatic carbocycles. The number of carbonyl (C=O) groups excluding carboxylic acids is 1. The molecule has 0 radical (unpaired) electrons. The molecule has 0 unspecified atom stereocenters. The monoisotopic (exact) mass is 396 g/mol. The van der Waals surface area contributed by atoms with Crippen molar-refractivity contribution in [3.63, 3.8) is 0 Å². The number of H-pyrrole nitrogens is 1. The first-order valence-corrected chi connectivity index (χ1v) is 9.16. The maximum absolute atomic E-state index is 12.2. The molecular formula is C19H13ClN4O2S. The van der Waals surface area contributed by atoms with Gasteiger partial charge in [0.2, 0.25) is 0 Å². The first-order chi connectivity index (χ1) is 13.1. The zero-order chi connectivity index (χ0) is 18.8. The number of hydrogen-bond donors (Lipinski definition) is 3. The van der Waals surface area contributed by atoms with Gasteiger partial charge in [0, 0.05) is 5.56 Å². The Balaban J connectivity index is 1.52. The number of amides is 1. The smallest absolute Gasteiger partial charge is 0.291 e. The SMILES string of the molecule is O=C(N/N=C/c1c(O)ccc2ccccc12)c1cc(-c2ccc(Cl)s2)[nH]n1. The fourth-order valence-electron chi connectivity index (χ4n) is 2.66. The number of hydrogen-bond acceptors (Lipinski definition) is 5. The summed E-state index contributed by atoms with van der Waals surface area (Å²) in [7, 11) is 0. The summed E-state index contributed by atoms with van der Waals surface area (Å²) in [5.41, 5.74) is 3.86. The van der Waals surface area contributed by atoms with Gasteiger partial charge in [-0.1, -0.05) is 41.9 Å². The molecule has 0 saturated heterocycles. The normalized spacial score (nSPS) is 11.3. The molecule has 4 rings (SSSR count). The van der Waals surface area contributed by atoms with Gasteiger partial charge in [0.25, 0.3) is 5.91 Å². The van der Waals surface area contributed by atoms with E-state index in [1.54, 1.807) is 18.2 Å². The minimum absolute atomic E-state index is 0.0864. The van der Waals surface area contributed by atoms with E-state index in [0.29, 0.717) is 15.6 Å². The molecule has 27 heavy (non-hydrogen) atoms. The zero-order valence-corrected chi connectivity index (χ0v) is 15.4. The number of aromatic hydroxyl groups is 1. The van der Waals surface area contributed by atoms with E-state index < -0.39 is 5.91 Å². The van der Waals surface area contributed by atoms with E-state index in [4.69, 9.17) is 11.6 Å². The fourth-order valence-corrected chi connectivity index (χ4v) is 3.66. The van der Waals surface area contributed by atoms with Crippen LogP contribution in [0.1, 0.15) is 16.1 Å². The molecular weight excluding hydrogens is 384 g/mol. The molecule has 2 aromatic heterocycles. The molecule has 0 aliphatic heterocycles. The standard InChI is InChI=1S/C19H13ClN4O2S/c20-18-8-7-17(27-18)14-9-15(23-22-14)19(26)24-21-10-13-12-4-2-1-3-11(12)5-6-16(13)25/h1-10,25H,(H,22,23)(H,24,26)/b21-10+. The molecule has 0 aliphatic rings. The molecule has 0 spiro atoms. The molecule has 8 heteroatoms. The number of thiophene rings is 1. The Morgan fingerprint density at radius 2 is 2.07 bits per heavy atom. The number of phenols is 1. The average Bonchev–Trinajstić information content (AvgIpc) is 3.32.